The number of rotatable bonds is 4. The molecule has 6 nitrogen and oxygen atoms in total. The third-order valence-corrected chi connectivity index (χ3v) is 6.94. The van der Waals surface area contributed by atoms with Gasteiger partial charge in [-0.25, -0.2) is 0 Å². The maximum absolute atomic E-state index is 13.7. The van der Waals surface area contributed by atoms with Gasteiger partial charge in [-0.2, -0.15) is 0 Å². The number of hydrogen-bond acceptors (Lipinski definition) is 4. The molecule has 2 aliphatic heterocycles. The van der Waals surface area contributed by atoms with Gasteiger partial charge in [0.2, 0.25) is 5.91 Å². The van der Waals surface area contributed by atoms with E-state index in [2.05, 4.69) is 10.3 Å². The molecule has 2 amide bonds. The van der Waals surface area contributed by atoms with Gasteiger partial charge >= 0.3 is 0 Å². The number of amides is 2. The van der Waals surface area contributed by atoms with Gasteiger partial charge in [-0.05, 0) is 30.3 Å². The number of nitrogens with zero attached hydrogens (tertiary/aromatic N) is 3. The Morgan fingerprint density at radius 3 is 2.62 bits per heavy atom. The lowest BCUT2D eigenvalue weighted by atomic mass is 9.90. The standard InChI is InChI=1S/C27H21ClN4O2/c28-20-11-9-19(10-12-20)27-23-7-3-2-6-22(23)26(34)32(27)14-13-31(27)25(33)17-29-21-15-18-5-1-4-8-24(18)30-16-21/h1-12,15-16,29H,13-14,17H2. The van der Waals surface area contributed by atoms with Crippen molar-refractivity contribution in [3.05, 3.63) is 107 Å². The zero-order valence-corrected chi connectivity index (χ0v) is 19.0. The number of carbonyl (C=O) groups excluding carboxylic acids is 2. The molecule has 7 heteroatoms. The molecule has 3 aromatic carbocycles. The second kappa shape index (κ2) is 7.85. The van der Waals surface area contributed by atoms with Crippen molar-refractivity contribution in [3.8, 4) is 0 Å². The summed E-state index contributed by atoms with van der Waals surface area (Å²) >= 11 is 6.17. The molecule has 0 spiro atoms. The molecule has 1 saturated heterocycles. The highest BCUT2D eigenvalue weighted by Crippen LogP contribution is 2.49. The Hall–Kier alpha value is -3.90. The minimum Gasteiger partial charge on any atom is -0.375 e. The molecule has 34 heavy (non-hydrogen) atoms. The minimum absolute atomic E-state index is 0.0625. The second-order valence-corrected chi connectivity index (χ2v) is 8.93. The predicted octanol–water partition coefficient (Wildman–Crippen LogP) is 4.50. The van der Waals surface area contributed by atoms with E-state index >= 15 is 0 Å². The van der Waals surface area contributed by atoms with E-state index in [1.807, 2.05) is 66.7 Å². The van der Waals surface area contributed by atoms with E-state index in [1.54, 1.807) is 28.1 Å². The molecular formula is C27H21ClN4O2. The van der Waals surface area contributed by atoms with Crippen molar-refractivity contribution in [2.45, 2.75) is 5.66 Å². The van der Waals surface area contributed by atoms with Crippen LogP contribution in [0.3, 0.4) is 0 Å². The topological polar surface area (TPSA) is 65.5 Å². The Morgan fingerprint density at radius 1 is 1.00 bits per heavy atom. The zero-order valence-electron chi connectivity index (χ0n) is 18.2. The van der Waals surface area contributed by atoms with Gasteiger partial charge in [0, 0.05) is 40.2 Å². The van der Waals surface area contributed by atoms with E-state index in [0.29, 0.717) is 23.7 Å². The van der Waals surface area contributed by atoms with E-state index in [4.69, 9.17) is 11.6 Å². The molecule has 2 aliphatic rings. The van der Waals surface area contributed by atoms with Crippen LogP contribution in [0.25, 0.3) is 10.9 Å². The molecule has 4 aromatic rings. The van der Waals surface area contributed by atoms with Gasteiger partial charge in [0.1, 0.15) is 0 Å². The summed E-state index contributed by atoms with van der Waals surface area (Å²) in [7, 11) is 0. The van der Waals surface area contributed by atoms with E-state index < -0.39 is 5.66 Å². The summed E-state index contributed by atoms with van der Waals surface area (Å²) < 4.78 is 0. The van der Waals surface area contributed by atoms with Gasteiger partial charge < -0.3 is 15.1 Å². The summed E-state index contributed by atoms with van der Waals surface area (Å²) in [5.41, 5.74) is 2.97. The molecule has 1 fully saturated rings. The Labute approximate surface area is 201 Å². The fourth-order valence-electron chi connectivity index (χ4n) is 5.22. The number of fused-ring (bicyclic) bond motifs is 4. The Bertz CT molecular complexity index is 1440. The van der Waals surface area contributed by atoms with Gasteiger partial charge in [-0.1, -0.05) is 60.1 Å². The van der Waals surface area contributed by atoms with Crippen LogP contribution in [0.15, 0.2) is 85.1 Å². The maximum Gasteiger partial charge on any atom is 0.256 e. The largest absolute Gasteiger partial charge is 0.375 e. The van der Waals surface area contributed by atoms with Crippen LogP contribution in [0.4, 0.5) is 5.69 Å². The Kier molecular flexibility index (Phi) is 4.78. The van der Waals surface area contributed by atoms with Gasteiger partial charge in [0.15, 0.2) is 5.66 Å². The summed E-state index contributed by atoms with van der Waals surface area (Å²) in [6.45, 7) is 0.984. The van der Waals surface area contributed by atoms with Crippen LogP contribution in [-0.2, 0) is 10.5 Å². The fraction of sp³-hybridized carbons (Fsp3) is 0.148. The van der Waals surface area contributed by atoms with E-state index in [0.717, 1.165) is 27.7 Å². The molecular weight excluding hydrogens is 448 g/mol. The number of hydrogen-bond donors (Lipinski definition) is 1. The quantitative estimate of drug-likeness (QED) is 0.479. The highest BCUT2D eigenvalue weighted by atomic mass is 35.5. The molecule has 1 atom stereocenters. The zero-order chi connectivity index (χ0) is 23.3. The molecule has 0 radical (unpaired) electrons. The number of para-hydroxylation sites is 1. The SMILES string of the molecule is O=C(CNc1cnc2ccccc2c1)N1CCN2C(=O)c3ccccc3C12c1ccc(Cl)cc1. The van der Waals surface area contributed by atoms with Crippen LogP contribution < -0.4 is 5.32 Å². The first-order valence-corrected chi connectivity index (χ1v) is 11.5. The van der Waals surface area contributed by atoms with E-state index in [1.165, 1.54) is 0 Å². The summed E-state index contributed by atoms with van der Waals surface area (Å²) in [6, 6.07) is 24.8. The van der Waals surface area contributed by atoms with Crippen LogP contribution in [-0.4, -0.2) is 46.2 Å². The molecule has 3 heterocycles. The molecule has 1 unspecified atom stereocenters. The Balaban J connectivity index is 1.37. The normalized spacial score (nSPS) is 18.8. The van der Waals surface area contributed by atoms with Gasteiger partial charge in [0.25, 0.3) is 5.91 Å². The number of halogens is 1. The lowest BCUT2D eigenvalue weighted by Gasteiger charge is -2.40. The van der Waals surface area contributed by atoms with Crippen LogP contribution in [0.1, 0.15) is 21.5 Å². The summed E-state index contributed by atoms with van der Waals surface area (Å²) in [6.07, 6.45) is 1.73. The molecule has 0 bridgehead atoms. The van der Waals surface area contributed by atoms with Gasteiger partial charge in [-0.3, -0.25) is 14.6 Å². The number of nitrogens with one attached hydrogen (secondary N) is 1. The van der Waals surface area contributed by atoms with Crippen molar-refractivity contribution in [2.75, 3.05) is 25.0 Å². The fourth-order valence-corrected chi connectivity index (χ4v) is 5.35. The molecule has 6 rings (SSSR count). The first-order valence-electron chi connectivity index (χ1n) is 11.2. The minimum atomic E-state index is -0.987. The highest BCUT2D eigenvalue weighted by molar-refractivity contribution is 6.30. The van der Waals surface area contributed by atoms with Gasteiger partial charge in [0.05, 0.1) is 23.9 Å². The van der Waals surface area contributed by atoms with Crippen LogP contribution in [0, 0.1) is 0 Å². The molecule has 0 aliphatic carbocycles. The molecule has 1 aromatic heterocycles. The summed E-state index contributed by atoms with van der Waals surface area (Å²) in [4.78, 5) is 35.1. The number of anilines is 1. The van der Waals surface area contributed by atoms with Crippen LogP contribution in [0.2, 0.25) is 5.02 Å². The van der Waals surface area contributed by atoms with Crippen molar-refractivity contribution in [2.24, 2.45) is 0 Å². The summed E-state index contributed by atoms with van der Waals surface area (Å²) in [5, 5.41) is 4.83. The van der Waals surface area contributed by atoms with E-state index in [-0.39, 0.29) is 18.4 Å². The predicted molar refractivity (Wildman–Crippen MR) is 132 cm³/mol. The highest BCUT2D eigenvalue weighted by Gasteiger charge is 2.59. The second-order valence-electron chi connectivity index (χ2n) is 8.50. The van der Waals surface area contributed by atoms with Crippen LogP contribution in [0.5, 0.6) is 0 Å². The lowest BCUT2D eigenvalue weighted by molar-refractivity contribution is -0.134. The number of benzene rings is 3. The van der Waals surface area contributed by atoms with Crippen molar-refractivity contribution in [1.82, 2.24) is 14.8 Å². The molecule has 168 valence electrons. The van der Waals surface area contributed by atoms with Gasteiger partial charge in [-0.15, -0.1) is 0 Å². The van der Waals surface area contributed by atoms with Crippen molar-refractivity contribution in [1.29, 1.82) is 0 Å². The number of pyridine rings is 1. The first kappa shape index (κ1) is 20.7. The smallest absolute Gasteiger partial charge is 0.256 e. The third-order valence-electron chi connectivity index (χ3n) is 6.69. The first-order chi connectivity index (χ1) is 16.6. The van der Waals surface area contributed by atoms with E-state index in [9.17, 15) is 9.59 Å². The van der Waals surface area contributed by atoms with Crippen molar-refractivity contribution < 1.29 is 9.59 Å². The number of aromatic nitrogens is 1. The molecule has 1 N–H and O–H groups in total. The number of carbonyl (C=O) groups is 2. The van der Waals surface area contributed by atoms with Crippen molar-refractivity contribution >= 4 is 40.0 Å². The average molecular weight is 469 g/mol. The van der Waals surface area contributed by atoms with Crippen molar-refractivity contribution in [3.63, 3.8) is 0 Å². The maximum atomic E-state index is 13.7. The Morgan fingerprint density at radius 2 is 1.76 bits per heavy atom. The lowest BCUT2D eigenvalue weighted by Crippen LogP contribution is -2.52. The average Bonchev–Trinajstić information content (AvgIpc) is 3.38. The summed E-state index contributed by atoms with van der Waals surface area (Å²) in [5.74, 6) is -0.164. The van der Waals surface area contributed by atoms with Crippen LogP contribution >= 0.6 is 11.6 Å². The molecule has 0 saturated carbocycles. The monoisotopic (exact) mass is 468 g/mol. The third kappa shape index (κ3) is 2.99.